The third-order valence-corrected chi connectivity index (χ3v) is 2.99. The molecule has 2 N–H and O–H groups in total. The van der Waals surface area contributed by atoms with Gasteiger partial charge in [-0.15, -0.1) is 0 Å². The molecule has 0 atom stereocenters. The van der Waals surface area contributed by atoms with Crippen LogP contribution in [0.5, 0.6) is 0 Å². The molecule has 1 aromatic heterocycles. The summed E-state index contributed by atoms with van der Waals surface area (Å²) in [6.07, 6.45) is 2.34. The second-order valence-electron chi connectivity index (χ2n) is 4.71. The lowest BCUT2D eigenvalue weighted by Crippen LogP contribution is -2.26. The normalized spacial score (nSPS) is 10.2. The molecule has 116 valence electrons. The van der Waals surface area contributed by atoms with Crippen molar-refractivity contribution in [2.24, 2.45) is 0 Å². The maximum absolute atomic E-state index is 12.0. The Morgan fingerprint density at radius 1 is 1.23 bits per heavy atom. The number of carbonyl (C=O) groups excluding carboxylic acids is 1. The Morgan fingerprint density at radius 3 is 2.82 bits per heavy atom. The summed E-state index contributed by atoms with van der Waals surface area (Å²) >= 11 is 0. The van der Waals surface area contributed by atoms with Gasteiger partial charge in [-0.25, -0.2) is 9.97 Å². The van der Waals surface area contributed by atoms with Crippen LogP contribution < -0.4 is 10.6 Å². The van der Waals surface area contributed by atoms with E-state index in [1.54, 1.807) is 19.4 Å². The molecule has 0 fully saturated rings. The van der Waals surface area contributed by atoms with Crippen LogP contribution in [0.25, 0.3) is 0 Å². The van der Waals surface area contributed by atoms with E-state index in [4.69, 9.17) is 4.74 Å². The number of amides is 1. The molecule has 1 amide bonds. The third-order valence-electron chi connectivity index (χ3n) is 2.99. The van der Waals surface area contributed by atoms with Crippen LogP contribution in [0.1, 0.15) is 22.5 Å². The number of hydrogen-bond acceptors (Lipinski definition) is 5. The van der Waals surface area contributed by atoms with E-state index in [2.05, 4.69) is 20.6 Å². The predicted octanol–water partition coefficient (Wildman–Crippen LogP) is 1.85. The van der Waals surface area contributed by atoms with E-state index in [9.17, 15) is 4.79 Å². The molecule has 0 aliphatic rings. The highest BCUT2D eigenvalue weighted by atomic mass is 16.5. The minimum Gasteiger partial charge on any atom is -0.385 e. The number of rotatable bonds is 8. The van der Waals surface area contributed by atoms with E-state index in [1.165, 1.54) is 0 Å². The van der Waals surface area contributed by atoms with E-state index < -0.39 is 0 Å². The van der Waals surface area contributed by atoms with Crippen LogP contribution in [0.15, 0.2) is 42.6 Å². The molecule has 0 radical (unpaired) electrons. The molecular formula is C16H20N4O2. The van der Waals surface area contributed by atoms with Crippen LogP contribution in [0, 0.1) is 0 Å². The number of carbonyl (C=O) groups is 1. The number of benzene rings is 1. The largest absolute Gasteiger partial charge is 0.385 e. The highest BCUT2D eigenvalue weighted by molar-refractivity contribution is 5.92. The van der Waals surface area contributed by atoms with Crippen LogP contribution in [0.3, 0.4) is 0 Å². The van der Waals surface area contributed by atoms with Gasteiger partial charge in [0, 0.05) is 33.0 Å². The van der Waals surface area contributed by atoms with E-state index in [0.29, 0.717) is 31.3 Å². The van der Waals surface area contributed by atoms with Gasteiger partial charge in [-0.3, -0.25) is 4.79 Å². The van der Waals surface area contributed by atoms with Crippen molar-refractivity contribution in [2.45, 2.75) is 13.0 Å². The van der Waals surface area contributed by atoms with E-state index in [0.717, 1.165) is 12.0 Å². The zero-order valence-corrected chi connectivity index (χ0v) is 12.6. The van der Waals surface area contributed by atoms with Crippen molar-refractivity contribution in [1.29, 1.82) is 0 Å². The first-order chi connectivity index (χ1) is 10.8. The topological polar surface area (TPSA) is 76.1 Å². The van der Waals surface area contributed by atoms with Crippen LogP contribution in [0.2, 0.25) is 0 Å². The van der Waals surface area contributed by atoms with Crippen molar-refractivity contribution in [1.82, 2.24) is 15.3 Å². The lowest BCUT2D eigenvalue weighted by Gasteiger charge is -2.07. The van der Waals surface area contributed by atoms with E-state index in [1.807, 2.05) is 30.3 Å². The number of methoxy groups -OCH3 is 1. The van der Waals surface area contributed by atoms with E-state index >= 15 is 0 Å². The van der Waals surface area contributed by atoms with Gasteiger partial charge in [-0.1, -0.05) is 30.3 Å². The monoisotopic (exact) mass is 300 g/mol. The molecule has 0 saturated carbocycles. The van der Waals surface area contributed by atoms with Crippen molar-refractivity contribution in [3.8, 4) is 0 Å². The summed E-state index contributed by atoms with van der Waals surface area (Å²) < 4.78 is 4.94. The number of anilines is 1. The van der Waals surface area contributed by atoms with Gasteiger partial charge in [0.15, 0.2) is 0 Å². The maximum atomic E-state index is 12.0. The second kappa shape index (κ2) is 8.74. The average Bonchev–Trinajstić information content (AvgIpc) is 2.58. The lowest BCUT2D eigenvalue weighted by molar-refractivity contribution is 0.0943. The molecule has 0 aliphatic heterocycles. The number of aromatic nitrogens is 2. The summed E-state index contributed by atoms with van der Waals surface area (Å²) in [5.41, 5.74) is 1.48. The van der Waals surface area contributed by atoms with Crippen molar-refractivity contribution in [3.63, 3.8) is 0 Å². The van der Waals surface area contributed by atoms with Gasteiger partial charge in [0.1, 0.15) is 5.69 Å². The Labute approximate surface area is 129 Å². The first-order valence-electron chi connectivity index (χ1n) is 7.17. The van der Waals surface area contributed by atoms with Gasteiger partial charge in [0.05, 0.1) is 0 Å². The molecule has 0 saturated heterocycles. The molecule has 2 aromatic rings. The van der Waals surface area contributed by atoms with Crippen molar-refractivity contribution >= 4 is 11.9 Å². The minimum absolute atomic E-state index is 0.207. The van der Waals surface area contributed by atoms with Gasteiger partial charge in [-0.2, -0.15) is 0 Å². The molecule has 2 rings (SSSR count). The smallest absolute Gasteiger partial charge is 0.270 e. The van der Waals surface area contributed by atoms with Crippen LogP contribution >= 0.6 is 0 Å². The molecule has 6 nitrogen and oxygen atoms in total. The molecule has 0 aliphatic carbocycles. The molecule has 22 heavy (non-hydrogen) atoms. The quantitative estimate of drug-likeness (QED) is 0.728. The summed E-state index contributed by atoms with van der Waals surface area (Å²) in [6, 6.07) is 11.5. The van der Waals surface area contributed by atoms with Crippen LogP contribution in [0.4, 0.5) is 5.95 Å². The summed E-state index contributed by atoms with van der Waals surface area (Å²) in [6.45, 7) is 1.79. The van der Waals surface area contributed by atoms with Gasteiger partial charge >= 0.3 is 0 Å². The van der Waals surface area contributed by atoms with Crippen LogP contribution in [-0.4, -0.2) is 36.1 Å². The first-order valence-corrected chi connectivity index (χ1v) is 7.17. The van der Waals surface area contributed by atoms with Crippen molar-refractivity contribution in [2.75, 3.05) is 25.6 Å². The molecule has 0 bridgehead atoms. The molecule has 1 aromatic carbocycles. The summed E-state index contributed by atoms with van der Waals surface area (Å²) in [7, 11) is 1.64. The standard InChI is InChI=1S/C16H20N4O2/c1-22-11-5-9-17-15(21)14-8-10-18-16(20-14)19-12-13-6-3-2-4-7-13/h2-4,6-8,10H,5,9,11-12H2,1H3,(H,17,21)(H,18,19,20). The fourth-order valence-corrected chi connectivity index (χ4v) is 1.86. The summed E-state index contributed by atoms with van der Waals surface area (Å²) in [4.78, 5) is 20.3. The van der Waals surface area contributed by atoms with Gasteiger partial charge in [0.2, 0.25) is 5.95 Å². The highest BCUT2D eigenvalue weighted by Gasteiger charge is 2.08. The Hall–Kier alpha value is -2.47. The van der Waals surface area contributed by atoms with Gasteiger partial charge in [0.25, 0.3) is 5.91 Å². The maximum Gasteiger partial charge on any atom is 0.270 e. The highest BCUT2D eigenvalue weighted by Crippen LogP contribution is 2.04. The van der Waals surface area contributed by atoms with Gasteiger partial charge in [-0.05, 0) is 18.1 Å². The summed E-state index contributed by atoms with van der Waals surface area (Å²) in [5.74, 6) is 0.231. The third kappa shape index (κ3) is 5.14. The Balaban J connectivity index is 1.87. The van der Waals surface area contributed by atoms with Crippen molar-refractivity contribution in [3.05, 3.63) is 53.9 Å². The minimum atomic E-state index is -0.207. The van der Waals surface area contributed by atoms with Crippen molar-refractivity contribution < 1.29 is 9.53 Å². The Bertz CT molecular complexity index is 590. The second-order valence-corrected chi connectivity index (χ2v) is 4.71. The molecule has 0 spiro atoms. The van der Waals surface area contributed by atoms with Gasteiger partial charge < -0.3 is 15.4 Å². The lowest BCUT2D eigenvalue weighted by atomic mass is 10.2. The number of hydrogen-bond donors (Lipinski definition) is 2. The zero-order chi connectivity index (χ0) is 15.6. The Morgan fingerprint density at radius 2 is 2.05 bits per heavy atom. The summed E-state index contributed by atoms with van der Waals surface area (Å²) in [5, 5.41) is 5.91. The number of ether oxygens (including phenoxy) is 1. The molecule has 0 unspecified atom stereocenters. The predicted molar refractivity (Wildman–Crippen MR) is 84.6 cm³/mol. The molecule has 6 heteroatoms. The fourth-order valence-electron chi connectivity index (χ4n) is 1.86. The molecule has 1 heterocycles. The fraction of sp³-hybridized carbons (Fsp3) is 0.312. The Kier molecular flexibility index (Phi) is 6.32. The van der Waals surface area contributed by atoms with Crippen LogP contribution in [-0.2, 0) is 11.3 Å². The zero-order valence-electron chi connectivity index (χ0n) is 12.6. The van der Waals surface area contributed by atoms with E-state index in [-0.39, 0.29) is 5.91 Å². The first kappa shape index (κ1) is 15.9. The average molecular weight is 300 g/mol. The SMILES string of the molecule is COCCCNC(=O)c1ccnc(NCc2ccccc2)n1. The number of nitrogens with one attached hydrogen (secondary N) is 2. The molecular weight excluding hydrogens is 280 g/mol. The number of nitrogens with zero attached hydrogens (tertiary/aromatic N) is 2.